The van der Waals surface area contributed by atoms with Crippen LogP contribution in [0.2, 0.25) is 0 Å². The van der Waals surface area contributed by atoms with Gasteiger partial charge in [-0.05, 0) is 71.8 Å². The second-order valence-corrected chi connectivity index (χ2v) is 11.4. The van der Waals surface area contributed by atoms with Crippen molar-refractivity contribution in [1.29, 1.82) is 0 Å². The van der Waals surface area contributed by atoms with Crippen molar-refractivity contribution in [2.75, 3.05) is 4.90 Å². The first-order valence-corrected chi connectivity index (χ1v) is 15.3. The second-order valence-electron chi connectivity index (χ2n) is 11.4. The molecule has 7 aromatic carbocycles. The van der Waals surface area contributed by atoms with Gasteiger partial charge in [-0.3, -0.25) is 0 Å². The summed E-state index contributed by atoms with van der Waals surface area (Å²) < 4.78 is 8.73. The molecule has 0 aliphatic heterocycles. The largest absolute Gasteiger partial charge is 0.456 e. The highest BCUT2D eigenvalue weighted by molar-refractivity contribution is 6.17. The van der Waals surface area contributed by atoms with Crippen LogP contribution >= 0.6 is 0 Å². The van der Waals surface area contributed by atoms with E-state index in [1.165, 1.54) is 27.4 Å². The molecule has 3 nitrogen and oxygen atoms in total. The van der Waals surface area contributed by atoms with E-state index in [2.05, 4.69) is 167 Å². The lowest BCUT2D eigenvalue weighted by atomic mass is 9.99. The SMILES string of the molecule is c1ccc(-c2cccc3c2c2ccc(N(c4ccccc4)c4cccc5oc6ccccc6c45)cc2n3-c2ccccc2)cc1. The lowest BCUT2D eigenvalue weighted by Gasteiger charge is -2.26. The van der Waals surface area contributed by atoms with Gasteiger partial charge in [0.1, 0.15) is 11.2 Å². The summed E-state index contributed by atoms with van der Waals surface area (Å²) in [7, 11) is 0. The number of hydrogen-bond acceptors (Lipinski definition) is 2. The van der Waals surface area contributed by atoms with E-state index >= 15 is 0 Å². The molecule has 9 rings (SSSR count). The minimum atomic E-state index is 0.876. The molecule has 0 saturated carbocycles. The van der Waals surface area contributed by atoms with E-state index in [0.29, 0.717) is 0 Å². The highest BCUT2D eigenvalue weighted by Crippen LogP contribution is 2.45. The maximum absolute atomic E-state index is 6.33. The molecule has 0 unspecified atom stereocenters. The fourth-order valence-corrected chi connectivity index (χ4v) is 6.85. The molecule has 2 aromatic heterocycles. The smallest absolute Gasteiger partial charge is 0.137 e. The van der Waals surface area contributed by atoms with Gasteiger partial charge in [0.05, 0.1) is 22.1 Å². The fraction of sp³-hybridized carbons (Fsp3) is 0. The van der Waals surface area contributed by atoms with Crippen LogP contribution in [0.15, 0.2) is 174 Å². The summed E-state index contributed by atoms with van der Waals surface area (Å²) >= 11 is 0. The number of furan rings is 1. The third kappa shape index (κ3) is 4.05. The minimum absolute atomic E-state index is 0.876. The number of para-hydroxylation sites is 3. The summed E-state index contributed by atoms with van der Waals surface area (Å²) in [4.78, 5) is 2.36. The lowest BCUT2D eigenvalue weighted by Crippen LogP contribution is -2.10. The summed E-state index contributed by atoms with van der Waals surface area (Å²) in [6.45, 7) is 0. The molecule has 0 aliphatic rings. The molecule has 0 N–H and O–H groups in total. The molecule has 9 aromatic rings. The number of hydrogen-bond donors (Lipinski definition) is 0. The Kier molecular flexibility index (Phi) is 5.82. The average Bonchev–Trinajstić information content (AvgIpc) is 3.66. The molecule has 0 saturated heterocycles. The molecule has 0 bridgehead atoms. The van der Waals surface area contributed by atoms with Crippen molar-refractivity contribution in [2.24, 2.45) is 0 Å². The molecular formula is C42H28N2O. The number of benzene rings is 7. The maximum Gasteiger partial charge on any atom is 0.137 e. The zero-order chi connectivity index (χ0) is 29.7. The van der Waals surface area contributed by atoms with Gasteiger partial charge in [-0.25, -0.2) is 0 Å². The van der Waals surface area contributed by atoms with E-state index in [1.54, 1.807) is 0 Å². The van der Waals surface area contributed by atoms with E-state index in [9.17, 15) is 0 Å². The third-order valence-electron chi connectivity index (χ3n) is 8.77. The average molecular weight is 577 g/mol. The van der Waals surface area contributed by atoms with Gasteiger partial charge in [-0.1, -0.05) is 109 Å². The van der Waals surface area contributed by atoms with Crippen LogP contribution in [0.4, 0.5) is 17.1 Å². The summed E-state index contributed by atoms with van der Waals surface area (Å²) in [6, 6.07) is 60.1. The van der Waals surface area contributed by atoms with Crippen LogP contribution in [0.1, 0.15) is 0 Å². The van der Waals surface area contributed by atoms with Crippen LogP contribution in [0.25, 0.3) is 60.6 Å². The molecule has 0 spiro atoms. The minimum Gasteiger partial charge on any atom is -0.456 e. The molecular weight excluding hydrogens is 548 g/mol. The van der Waals surface area contributed by atoms with Crippen LogP contribution in [0, 0.1) is 0 Å². The topological polar surface area (TPSA) is 21.3 Å². The van der Waals surface area contributed by atoms with Crippen LogP contribution in [-0.2, 0) is 0 Å². The van der Waals surface area contributed by atoms with Crippen LogP contribution in [0.3, 0.4) is 0 Å². The molecule has 3 heteroatoms. The van der Waals surface area contributed by atoms with Gasteiger partial charge < -0.3 is 13.9 Å². The zero-order valence-corrected chi connectivity index (χ0v) is 24.5. The molecule has 0 fully saturated rings. The Morgan fingerprint density at radius 3 is 1.96 bits per heavy atom. The van der Waals surface area contributed by atoms with Crippen LogP contribution < -0.4 is 4.90 Å². The van der Waals surface area contributed by atoms with E-state index in [0.717, 1.165) is 50.2 Å². The van der Waals surface area contributed by atoms with Gasteiger partial charge in [-0.15, -0.1) is 0 Å². The van der Waals surface area contributed by atoms with E-state index in [4.69, 9.17) is 4.42 Å². The number of aromatic nitrogens is 1. The number of anilines is 3. The molecule has 0 atom stereocenters. The molecule has 0 amide bonds. The van der Waals surface area contributed by atoms with Gasteiger partial charge in [-0.2, -0.15) is 0 Å². The molecule has 0 aliphatic carbocycles. The molecule has 45 heavy (non-hydrogen) atoms. The van der Waals surface area contributed by atoms with Crippen LogP contribution in [-0.4, -0.2) is 4.57 Å². The molecule has 2 heterocycles. The van der Waals surface area contributed by atoms with E-state index in [-0.39, 0.29) is 0 Å². The first-order valence-electron chi connectivity index (χ1n) is 15.3. The van der Waals surface area contributed by atoms with E-state index < -0.39 is 0 Å². The Hall–Kier alpha value is -6.06. The first kappa shape index (κ1) is 25.4. The highest BCUT2D eigenvalue weighted by atomic mass is 16.3. The Morgan fingerprint density at radius 1 is 0.444 bits per heavy atom. The molecule has 0 radical (unpaired) electrons. The summed E-state index contributed by atoms with van der Waals surface area (Å²) in [6.07, 6.45) is 0. The lowest BCUT2D eigenvalue weighted by molar-refractivity contribution is 0.669. The monoisotopic (exact) mass is 576 g/mol. The van der Waals surface area contributed by atoms with Crippen molar-refractivity contribution in [2.45, 2.75) is 0 Å². The predicted molar refractivity (Wildman–Crippen MR) is 188 cm³/mol. The predicted octanol–water partition coefficient (Wildman–Crippen LogP) is 11.8. The van der Waals surface area contributed by atoms with Crippen molar-refractivity contribution in [3.8, 4) is 16.8 Å². The fourth-order valence-electron chi connectivity index (χ4n) is 6.85. The van der Waals surface area contributed by atoms with Gasteiger partial charge in [0.2, 0.25) is 0 Å². The Balaban J connectivity index is 1.37. The third-order valence-corrected chi connectivity index (χ3v) is 8.77. The Bertz CT molecular complexity index is 2470. The van der Waals surface area contributed by atoms with Gasteiger partial charge in [0, 0.05) is 33.2 Å². The van der Waals surface area contributed by atoms with E-state index in [1.807, 2.05) is 12.1 Å². The second kappa shape index (κ2) is 10.3. The van der Waals surface area contributed by atoms with Crippen molar-refractivity contribution in [3.63, 3.8) is 0 Å². The van der Waals surface area contributed by atoms with Crippen LogP contribution in [0.5, 0.6) is 0 Å². The summed E-state index contributed by atoms with van der Waals surface area (Å²) in [5.41, 5.74) is 10.9. The maximum atomic E-state index is 6.33. The van der Waals surface area contributed by atoms with Crippen molar-refractivity contribution in [3.05, 3.63) is 170 Å². The standard InChI is InChI=1S/C42H28N2O/c1-4-14-29(15-5-1)33-21-12-22-36-41(33)34-27-26-32(28-38(34)44(36)31-18-8-3-9-19-31)43(30-16-6-2-7-17-30)37-23-13-25-40-42(37)35-20-10-11-24-39(35)45-40/h1-28H. The normalized spacial score (nSPS) is 11.6. The Labute approximate surface area is 260 Å². The summed E-state index contributed by atoms with van der Waals surface area (Å²) in [5.74, 6) is 0. The van der Waals surface area contributed by atoms with Crippen molar-refractivity contribution >= 4 is 60.8 Å². The van der Waals surface area contributed by atoms with Crippen molar-refractivity contribution < 1.29 is 4.42 Å². The van der Waals surface area contributed by atoms with Crippen molar-refractivity contribution in [1.82, 2.24) is 4.57 Å². The zero-order valence-electron chi connectivity index (χ0n) is 24.5. The highest BCUT2D eigenvalue weighted by Gasteiger charge is 2.22. The quantitative estimate of drug-likeness (QED) is 0.203. The number of fused-ring (bicyclic) bond motifs is 6. The Morgan fingerprint density at radius 2 is 1.13 bits per heavy atom. The number of rotatable bonds is 5. The first-order chi connectivity index (χ1) is 22.3. The number of nitrogens with zero attached hydrogens (tertiary/aromatic N) is 2. The van der Waals surface area contributed by atoms with Gasteiger partial charge >= 0.3 is 0 Å². The summed E-state index contributed by atoms with van der Waals surface area (Å²) in [5, 5.41) is 4.68. The van der Waals surface area contributed by atoms with Gasteiger partial charge in [0.15, 0.2) is 0 Å². The molecule has 212 valence electrons. The van der Waals surface area contributed by atoms with Gasteiger partial charge in [0.25, 0.3) is 0 Å².